The van der Waals surface area contributed by atoms with E-state index in [2.05, 4.69) is 4.83 Å². The molecule has 1 N–H and O–H groups in total. The average molecular weight is 324 g/mol. The molecule has 0 saturated carbocycles. The molecule has 0 radical (unpaired) electrons. The lowest BCUT2D eigenvalue weighted by atomic mass is 10.4. The number of nitrogens with zero attached hydrogens (tertiary/aromatic N) is 1. The standard InChI is InChI=1S/C10H13FN2O5S2/c11-19(14,15)9-2-1-3-10(8-9)20(16,17)12-13-4-6-18-7-5-13/h1-3,8,12H,4-7H2. The van der Waals surface area contributed by atoms with Gasteiger partial charge >= 0.3 is 10.2 Å². The van der Waals surface area contributed by atoms with Crippen molar-refractivity contribution in [2.45, 2.75) is 9.79 Å². The molecule has 0 amide bonds. The molecular formula is C10H13FN2O5S2. The van der Waals surface area contributed by atoms with Crippen LogP contribution in [0.3, 0.4) is 0 Å². The smallest absolute Gasteiger partial charge is 0.332 e. The monoisotopic (exact) mass is 324 g/mol. The van der Waals surface area contributed by atoms with E-state index >= 15 is 0 Å². The lowest BCUT2D eigenvalue weighted by Crippen LogP contribution is -2.48. The minimum Gasteiger partial charge on any atom is -0.379 e. The maximum Gasteiger partial charge on any atom is 0.332 e. The first kappa shape index (κ1) is 15.3. The van der Waals surface area contributed by atoms with Gasteiger partial charge in [0.15, 0.2) is 0 Å². The van der Waals surface area contributed by atoms with Gasteiger partial charge in [0.05, 0.1) is 23.0 Å². The third-order valence-corrected chi connectivity index (χ3v) is 4.85. The van der Waals surface area contributed by atoms with Crippen LogP contribution in [0.25, 0.3) is 0 Å². The second kappa shape index (κ2) is 5.74. The van der Waals surface area contributed by atoms with E-state index in [1.54, 1.807) is 0 Å². The Labute approximate surface area is 116 Å². The average Bonchev–Trinajstić information content (AvgIpc) is 2.38. The highest BCUT2D eigenvalue weighted by atomic mass is 32.3. The first-order valence-corrected chi connectivity index (χ1v) is 8.55. The summed E-state index contributed by atoms with van der Waals surface area (Å²) in [5.74, 6) is 0. The van der Waals surface area contributed by atoms with Gasteiger partial charge in [-0.15, -0.1) is 8.72 Å². The molecule has 1 aliphatic heterocycles. The number of rotatable bonds is 4. The molecule has 1 aromatic rings. The first-order valence-electron chi connectivity index (χ1n) is 5.69. The summed E-state index contributed by atoms with van der Waals surface area (Å²) >= 11 is 0. The van der Waals surface area contributed by atoms with Gasteiger partial charge in [0.1, 0.15) is 0 Å². The van der Waals surface area contributed by atoms with E-state index in [1.807, 2.05) is 0 Å². The Hall–Kier alpha value is -1.07. The highest BCUT2D eigenvalue weighted by Crippen LogP contribution is 2.17. The maximum absolute atomic E-state index is 12.9. The molecule has 0 unspecified atom stereocenters. The van der Waals surface area contributed by atoms with Crippen LogP contribution in [0, 0.1) is 0 Å². The maximum atomic E-state index is 12.9. The highest BCUT2D eigenvalue weighted by Gasteiger charge is 2.22. The van der Waals surface area contributed by atoms with E-state index in [-0.39, 0.29) is 4.90 Å². The van der Waals surface area contributed by atoms with Crippen LogP contribution in [0.1, 0.15) is 0 Å². The minimum absolute atomic E-state index is 0.317. The van der Waals surface area contributed by atoms with Crippen LogP contribution in [0.5, 0.6) is 0 Å². The summed E-state index contributed by atoms with van der Waals surface area (Å²) in [6.07, 6.45) is 0. The molecule has 1 saturated heterocycles. The van der Waals surface area contributed by atoms with E-state index in [4.69, 9.17) is 4.74 Å². The second-order valence-corrected chi connectivity index (χ2v) is 7.11. The molecule has 20 heavy (non-hydrogen) atoms. The van der Waals surface area contributed by atoms with Crippen LogP contribution < -0.4 is 4.83 Å². The molecule has 0 aromatic heterocycles. The minimum atomic E-state index is -4.94. The molecule has 0 atom stereocenters. The molecule has 1 aliphatic rings. The van der Waals surface area contributed by atoms with Gasteiger partial charge in [0, 0.05) is 13.1 Å². The van der Waals surface area contributed by atoms with Crippen molar-refractivity contribution in [3.05, 3.63) is 24.3 Å². The topological polar surface area (TPSA) is 92.8 Å². The molecular weight excluding hydrogens is 311 g/mol. The van der Waals surface area contributed by atoms with Gasteiger partial charge < -0.3 is 4.74 Å². The number of hydrazine groups is 1. The molecule has 0 spiro atoms. The third kappa shape index (κ3) is 3.73. The van der Waals surface area contributed by atoms with Crippen LogP contribution in [-0.4, -0.2) is 48.1 Å². The SMILES string of the molecule is O=S(=O)(F)c1cccc(S(=O)(=O)NN2CCOCC2)c1. The van der Waals surface area contributed by atoms with Gasteiger partial charge in [-0.3, -0.25) is 0 Å². The number of hydrogen-bond donors (Lipinski definition) is 1. The molecule has 1 fully saturated rings. The molecule has 7 nitrogen and oxygen atoms in total. The molecule has 10 heteroatoms. The fourth-order valence-corrected chi connectivity index (χ4v) is 3.42. The summed E-state index contributed by atoms with van der Waals surface area (Å²) in [5, 5.41) is 1.44. The fourth-order valence-electron chi connectivity index (χ4n) is 1.67. The quantitative estimate of drug-likeness (QED) is 0.776. The van der Waals surface area contributed by atoms with Gasteiger partial charge in [-0.25, -0.2) is 13.4 Å². The lowest BCUT2D eigenvalue weighted by molar-refractivity contribution is 0.0272. The molecule has 1 aromatic carbocycles. The Morgan fingerprint density at radius 3 is 2.30 bits per heavy atom. The fraction of sp³-hybridized carbons (Fsp3) is 0.400. The summed E-state index contributed by atoms with van der Waals surface area (Å²) in [4.78, 5) is 1.29. The summed E-state index contributed by atoms with van der Waals surface area (Å²) in [6.45, 7) is 1.53. The Kier molecular flexibility index (Phi) is 4.39. The number of nitrogens with one attached hydrogen (secondary N) is 1. The van der Waals surface area contributed by atoms with Gasteiger partial charge in [-0.2, -0.15) is 8.42 Å². The summed E-state index contributed by atoms with van der Waals surface area (Å²) in [6, 6.07) is 4.12. The van der Waals surface area contributed by atoms with Gasteiger partial charge in [0.25, 0.3) is 10.0 Å². The molecule has 0 bridgehead atoms. The van der Waals surface area contributed by atoms with Crippen molar-refractivity contribution >= 4 is 20.2 Å². The number of sulfonamides is 1. The van der Waals surface area contributed by atoms with Crippen molar-refractivity contribution in [3.8, 4) is 0 Å². The highest BCUT2D eigenvalue weighted by molar-refractivity contribution is 7.89. The zero-order chi connectivity index (χ0) is 14.8. The number of morpholine rings is 1. The molecule has 0 aliphatic carbocycles. The summed E-state index contributed by atoms with van der Waals surface area (Å²) in [5.41, 5.74) is 0. The molecule has 112 valence electrons. The zero-order valence-electron chi connectivity index (χ0n) is 10.3. The lowest BCUT2D eigenvalue weighted by Gasteiger charge is -2.26. The van der Waals surface area contributed by atoms with Crippen LogP contribution in [0.2, 0.25) is 0 Å². The Morgan fingerprint density at radius 2 is 1.70 bits per heavy atom. The van der Waals surface area contributed by atoms with Crippen molar-refractivity contribution in [3.63, 3.8) is 0 Å². The van der Waals surface area contributed by atoms with E-state index in [1.165, 1.54) is 17.1 Å². The van der Waals surface area contributed by atoms with E-state index < -0.39 is 25.1 Å². The van der Waals surface area contributed by atoms with Crippen LogP contribution >= 0.6 is 0 Å². The van der Waals surface area contributed by atoms with Gasteiger partial charge in [-0.1, -0.05) is 6.07 Å². The van der Waals surface area contributed by atoms with E-state index in [0.717, 1.165) is 12.1 Å². The predicted octanol–water partition coefficient (Wildman–Crippen LogP) is -0.130. The Balaban J connectivity index is 2.25. The zero-order valence-corrected chi connectivity index (χ0v) is 12.0. The van der Waals surface area contributed by atoms with Crippen molar-refractivity contribution < 1.29 is 25.5 Å². The largest absolute Gasteiger partial charge is 0.379 e. The molecule has 2 rings (SSSR count). The van der Waals surface area contributed by atoms with Crippen LogP contribution in [-0.2, 0) is 25.0 Å². The van der Waals surface area contributed by atoms with Crippen LogP contribution in [0.4, 0.5) is 3.89 Å². The van der Waals surface area contributed by atoms with E-state index in [0.29, 0.717) is 26.3 Å². The van der Waals surface area contributed by atoms with Gasteiger partial charge in [0.2, 0.25) is 0 Å². The van der Waals surface area contributed by atoms with E-state index in [9.17, 15) is 20.7 Å². The Bertz CT molecular complexity index is 683. The van der Waals surface area contributed by atoms with Crippen molar-refractivity contribution in [2.24, 2.45) is 0 Å². The van der Waals surface area contributed by atoms with Crippen LogP contribution in [0.15, 0.2) is 34.1 Å². The number of ether oxygens (including phenoxy) is 1. The number of hydrogen-bond acceptors (Lipinski definition) is 6. The summed E-state index contributed by atoms with van der Waals surface area (Å²) in [7, 11) is -8.90. The normalized spacial score (nSPS) is 18.1. The second-order valence-electron chi connectivity index (χ2n) is 4.11. The van der Waals surface area contributed by atoms with Crippen molar-refractivity contribution in [1.82, 2.24) is 9.84 Å². The number of benzene rings is 1. The van der Waals surface area contributed by atoms with Gasteiger partial charge in [-0.05, 0) is 18.2 Å². The number of halogens is 1. The Morgan fingerprint density at radius 1 is 1.10 bits per heavy atom. The first-order chi connectivity index (χ1) is 9.29. The third-order valence-electron chi connectivity index (χ3n) is 2.66. The summed E-state index contributed by atoms with van der Waals surface area (Å²) < 4.78 is 63.7. The molecule has 1 heterocycles. The predicted molar refractivity (Wildman–Crippen MR) is 67.4 cm³/mol. The van der Waals surface area contributed by atoms with Crippen molar-refractivity contribution in [2.75, 3.05) is 26.3 Å². The van der Waals surface area contributed by atoms with Crippen molar-refractivity contribution in [1.29, 1.82) is 0 Å².